The van der Waals surface area contributed by atoms with E-state index in [1.807, 2.05) is 25.1 Å². The Morgan fingerprint density at radius 3 is 2.75 bits per heavy atom. The quantitative estimate of drug-likeness (QED) is 0.553. The molecule has 0 saturated heterocycles. The largest absolute Gasteiger partial charge is 0.493 e. The molecule has 0 aliphatic heterocycles. The number of nitrogens with two attached hydrogens (primary N) is 1. The standard InChI is InChI=1S/C15H23NO4/c1-3-4-9-19-15(17)11-20-14-10-12(7-8-16)5-6-13(14)18-2/h5-6,10H,3-4,7-9,11,16H2,1-2H3. The summed E-state index contributed by atoms with van der Waals surface area (Å²) in [6.07, 6.45) is 2.60. The fourth-order valence-electron chi connectivity index (χ4n) is 1.66. The van der Waals surface area contributed by atoms with Gasteiger partial charge in [0.05, 0.1) is 13.7 Å². The fraction of sp³-hybridized carbons (Fsp3) is 0.533. The van der Waals surface area contributed by atoms with Crippen molar-refractivity contribution in [3.05, 3.63) is 23.8 Å². The number of esters is 1. The molecule has 0 saturated carbocycles. The van der Waals surface area contributed by atoms with Crippen molar-refractivity contribution in [2.75, 3.05) is 26.9 Å². The molecular formula is C15H23NO4. The molecule has 1 aromatic rings. The Bertz CT molecular complexity index is 420. The van der Waals surface area contributed by atoms with Gasteiger partial charge in [0.1, 0.15) is 0 Å². The molecule has 2 N–H and O–H groups in total. The molecule has 0 aromatic heterocycles. The van der Waals surface area contributed by atoms with Crippen LogP contribution in [0.1, 0.15) is 25.3 Å². The van der Waals surface area contributed by atoms with Gasteiger partial charge >= 0.3 is 5.97 Å². The molecule has 0 amide bonds. The highest BCUT2D eigenvalue weighted by Crippen LogP contribution is 2.28. The first-order chi connectivity index (χ1) is 9.71. The van der Waals surface area contributed by atoms with Gasteiger partial charge in [0, 0.05) is 0 Å². The van der Waals surface area contributed by atoms with Gasteiger partial charge in [0.25, 0.3) is 0 Å². The lowest BCUT2D eigenvalue weighted by atomic mass is 10.1. The van der Waals surface area contributed by atoms with E-state index in [4.69, 9.17) is 19.9 Å². The minimum Gasteiger partial charge on any atom is -0.493 e. The number of ether oxygens (including phenoxy) is 3. The maximum absolute atomic E-state index is 11.5. The van der Waals surface area contributed by atoms with Gasteiger partial charge in [-0.05, 0) is 37.1 Å². The number of hydrogen-bond donors (Lipinski definition) is 1. The van der Waals surface area contributed by atoms with Gasteiger partial charge in [-0.1, -0.05) is 19.4 Å². The fourth-order valence-corrected chi connectivity index (χ4v) is 1.66. The third kappa shape index (κ3) is 5.48. The number of rotatable bonds is 9. The van der Waals surface area contributed by atoms with Crippen LogP contribution in [-0.4, -0.2) is 32.8 Å². The molecule has 0 radical (unpaired) electrons. The molecule has 0 aliphatic carbocycles. The summed E-state index contributed by atoms with van der Waals surface area (Å²) < 4.78 is 15.7. The van der Waals surface area contributed by atoms with E-state index >= 15 is 0 Å². The molecule has 1 rings (SSSR count). The molecule has 0 aliphatic rings. The molecule has 0 atom stereocenters. The molecule has 0 unspecified atom stereocenters. The Morgan fingerprint density at radius 2 is 2.10 bits per heavy atom. The van der Waals surface area contributed by atoms with Crippen molar-refractivity contribution >= 4 is 5.97 Å². The maximum atomic E-state index is 11.5. The second-order valence-electron chi connectivity index (χ2n) is 4.39. The Balaban J connectivity index is 2.56. The van der Waals surface area contributed by atoms with E-state index in [9.17, 15) is 4.79 Å². The van der Waals surface area contributed by atoms with Gasteiger partial charge in [0.2, 0.25) is 0 Å². The normalized spacial score (nSPS) is 10.2. The lowest BCUT2D eigenvalue weighted by Gasteiger charge is -2.12. The number of methoxy groups -OCH3 is 1. The summed E-state index contributed by atoms with van der Waals surface area (Å²) in [4.78, 5) is 11.5. The lowest BCUT2D eigenvalue weighted by Crippen LogP contribution is -2.16. The first-order valence-corrected chi connectivity index (χ1v) is 6.86. The molecule has 1 aromatic carbocycles. The SMILES string of the molecule is CCCCOC(=O)COc1cc(CCN)ccc1OC. The van der Waals surface area contributed by atoms with Crippen LogP contribution in [0, 0.1) is 0 Å². The third-order valence-electron chi connectivity index (χ3n) is 2.77. The van der Waals surface area contributed by atoms with E-state index in [2.05, 4.69) is 0 Å². The van der Waals surface area contributed by atoms with Crippen LogP contribution in [0.2, 0.25) is 0 Å². The minimum atomic E-state index is -0.371. The molecule has 0 bridgehead atoms. The third-order valence-corrected chi connectivity index (χ3v) is 2.77. The summed E-state index contributed by atoms with van der Waals surface area (Å²) in [5.41, 5.74) is 6.57. The summed E-state index contributed by atoms with van der Waals surface area (Å²) in [5, 5.41) is 0. The molecule has 0 fully saturated rings. The van der Waals surface area contributed by atoms with E-state index in [1.165, 1.54) is 0 Å². The van der Waals surface area contributed by atoms with Crippen LogP contribution in [0.15, 0.2) is 18.2 Å². The topological polar surface area (TPSA) is 70.8 Å². The summed E-state index contributed by atoms with van der Waals surface area (Å²) in [7, 11) is 1.56. The highest BCUT2D eigenvalue weighted by molar-refractivity contribution is 5.71. The van der Waals surface area contributed by atoms with Crippen molar-refractivity contribution < 1.29 is 19.0 Å². The molecule has 0 spiro atoms. The predicted molar refractivity (Wildman–Crippen MR) is 77.1 cm³/mol. The Morgan fingerprint density at radius 1 is 1.30 bits per heavy atom. The second kappa shape index (κ2) is 9.20. The number of unbranched alkanes of at least 4 members (excludes halogenated alkanes) is 1. The van der Waals surface area contributed by atoms with Gasteiger partial charge in [-0.3, -0.25) is 0 Å². The zero-order valence-corrected chi connectivity index (χ0v) is 12.2. The first-order valence-electron chi connectivity index (χ1n) is 6.86. The molecule has 0 heterocycles. The van der Waals surface area contributed by atoms with Crippen LogP contribution in [0.5, 0.6) is 11.5 Å². The van der Waals surface area contributed by atoms with Gasteiger partial charge in [-0.15, -0.1) is 0 Å². The minimum absolute atomic E-state index is 0.119. The van der Waals surface area contributed by atoms with E-state index < -0.39 is 0 Å². The molecule has 5 nitrogen and oxygen atoms in total. The zero-order valence-electron chi connectivity index (χ0n) is 12.2. The van der Waals surface area contributed by atoms with E-state index in [0.717, 1.165) is 24.8 Å². The Kier molecular flexibility index (Phi) is 7.50. The monoisotopic (exact) mass is 281 g/mol. The van der Waals surface area contributed by atoms with Crippen molar-refractivity contribution in [1.29, 1.82) is 0 Å². The predicted octanol–water partition coefficient (Wildman–Crippen LogP) is 1.92. The van der Waals surface area contributed by atoms with Gasteiger partial charge in [-0.25, -0.2) is 4.79 Å². The lowest BCUT2D eigenvalue weighted by molar-refractivity contribution is -0.146. The van der Waals surface area contributed by atoms with Crippen LogP contribution in [-0.2, 0) is 16.0 Å². The number of benzene rings is 1. The average molecular weight is 281 g/mol. The van der Waals surface area contributed by atoms with Crippen LogP contribution >= 0.6 is 0 Å². The van der Waals surface area contributed by atoms with Gasteiger partial charge in [-0.2, -0.15) is 0 Å². The van der Waals surface area contributed by atoms with Crippen LogP contribution in [0.4, 0.5) is 0 Å². The molecule has 112 valence electrons. The van der Waals surface area contributed by atoms with Crippen LogP contribution in [0.3, 0.4) is 0 Å². The van der Waals surface area contributed by atoms with Crippen molar-refractivity contribution in [3.63, 3.8) is 0 Å². The van der Waals surface area contributed by atoms with Crippen LogP contribution in [0.25, 0.3) is 0 Å². The van der Waals surface area contributed by atoms with E-state index in [1.54, 1.807) is 7.11 Å². The smallest absolute Gasteiger partial charge is 0.344 e. The van der Waals surface area contributed by atoms with Gasteiger partial charge in [0.15, 0.2) is 18.1 Å². The average Bonchev–Trinajstić information content (AvgIpc) is 2.46. The second-order valence-corrected chi connectivity index (χ2v) is 4.39. The van der Waals surface area contributed by atoms with Crippen molar-refractivity contribution in [2.24, 2.45) is 5.73 Å². The molecule has 5 heteroatoms. The molecule has 20 heavy (non-hydrogen) atoms. The van der Waals surface area contributed by atoms with Gasteiger partial charge < -0.3 is 19.9 Å². The Labute approximate surface area is 120 Å². The number of carbonyl (C=O) groups is 1. The van der Waals surface area contributed by atoms with E-state index in [0.29, 0.717) is 24.7 Å². The maximum Gasteiger partial charge on any atom is 0.344 e. The Hall–Kier alpha value is -1.75. The zero-order chi connectivity index (χ0) is 14.8. The van der Waals surface area contributed by atoms with E-state index in [-0.39, 0.29) is 12.6 Å². The number of carbonyl (C=O) groups excluding carboxylic acids is 1. The van der Waals surface area contributed by atoms with Crippen LogP contribution < -0.4 is 15.2 Å². The highest BCUT2D eigenvalue weighted by Gasteiger charge is 2.09. The van der Waals surface area contributed by atoms with Crippen molar-refractivity contribution in [1.82, 2.24) is 0 Å². The summed E-state index contributed by atoms with van der Waals surface area (Å²) in [5.74, 6) is 0.753. The first kappa shape index (κ1) is 16.3. The van der Waals surface area contributed by atoms with Crippen molar-refractivity contribution in [3.8, 4) is 11.5 Å². The number of hydrogen-bond acceptors (Lipinski definition) is 5. The van der Waals surface area contributed by atoms with Crippen molar-refractivity contribution in [2.45, 2.75) is 26.2 Å². The highest BCUT2D eigenvalue weighted by atomic mass is 16.6. The molecular weight excluding hydrogens is 258 g/mol. The summed E-state index contributed by atoms with van der Waals surface area (Å²) >= 11 is 0. The summed E-state index contributed by atoms with van der Waals surface area (Å²) in [6, 6.07) is 5.58. The summed E-state index contributed by atoms with van der Waals surface area (Å²) in [6.45, 7) is 2.91.